The molecule has 0 aliphatic heterocycles. The Hall–Kier alpha value is -1.12. The molecule has 0 fully saturated rings. The van der Waals surface area contributed by atoms with Crippen molar-refractivity contribution in [3.8, 4) is 0 Å². The number of aliphatic carboxylic acids is 2. The molecular formula is C28H42O4S2Sn. The SMILES string of the molecule is CCCCCCc1cccc[c]1[Sn+2][c]1ccccc1CCCCCC.O=C(O)CCC(=O)O.[SH-].[SH-]. The van der Waals surface area contributed by atoms with E-state index in [0.717, 1.165) is 0 Å². The van der Waals surface area contributed by atoms with Gasteiger partial charge >= 0.3 is 178 Å². The zero-order valence-corrected chi connectivity index (χ0v) is 25.9. The average molecular weight is 625 g/mol. The maximum absolute atomic E-state index is 9.64. The first-order valence-corrected chi connectivity index (χ1v) is 15.2. The fourth-order valence-electron chi connectivity index (χ4n) is 3.56. The molecule has 2 N–H and O–H groups in total. The second kappa shape index (κ2) is 23.3. The summed E-state index contributed by atoms with van der Waals surface area (Å²) in [6, 6.07) is 18.5. The Labute approximate surface area is 236 Å². The van der Waals surface area contributed by atoms with Gasteiger partial charge in [-0.25, -0.2) is 0 Å². The molecule has 0 heterocycles. The molecule has 0 unspecified atom stereocenters. The molecule has 0 atom stereocenters. The van der Waals surface area contributed by atoms with Gasteiger partial charge in [0.1, 0.15) is 0 Å². The molecule has 0 aliphatic rings. The monoisotopic (exact) mass is 626 g/mol. The van der Waals surface area contributed by atoms with Crippen LogP contribution < -0.4 is 7.16 Å². The molecule has 2 aromatic carbocycles. The molecule has 7 heteroatoms. The molecule has 0 saturated carbocycles. The van der Waals surface area contributed by atoms with E-state index in [1.54, 1.807) is 18.3 Å². The van der Waals surface area contributed by atoms with E-state index in [1.165, 1.54) is 64.2 Å². The summed E-state index contributed by atoms with van der Waals surface area (Å²) in [5, 5.41) is 15.8. The van der Waals surface area contributed by atoms with Crippen molar-refractivity contribution in [2.45, 2.75) is 90.9 Å². The molecular weight excluding hydrogens is 583 g/mol. The maximum atomic E-state index is 9.64. The Bertz CT molecular complexity index is 763. The standard InChI is InChI=1S/2C12H17.C4H6O4.2H2S.Sn/c2*1-2-3-4-6-9-12-10-7-5-8-11-12;5-3(6)1-2-4(7)8;;;/h2*5,7-8,10H,2-4,6,9H2,1H3;1-2H2,(H,5,6)(H,7,8);2*1H2;/q;;;;;+2/p-2. The fourth-order valence-corrected chi connectivity index (χ4v) is 7.52. The molecule has 4 nitrogen and oxygen atoms in total. The number of unbranched alkanes of at least 4 members (excludes halogenated alkanes) is 6. The Morgan fingerprint density at radius 1 is 0.629 bits per heavy atom. The number of hydrogen-bond acceptors (Lipinski definition) is 4. The molecule has 0 aromatic heterocycles. The van der Waals surface area contributed by atoms with Crippen LogP contribution >= 0.6 is 0 Å². The number of carboxylic acids is 2. The molecule has 194 valence electrons. The first kappa shape index (κ1) is 36.0. The number of aryl methyl sites for hydroxylation is 2. The van der Waals surface area contributed by atoms with Crippen molar-refractivity contribution in [3.63, 3.8) is 0 Å². The third-order valence-electron chi connectivity index (χ3n) is 5.46. The van der Waals surface area contributed by atoms with E-state index in [0.29, 0.717) is 0 Å². The van der Waals surface area contributed by atoms with E-state index in [4.69, 9.17) is 10.2 Å². The molecule has 0 radical (unpaired) electrons. The molecule has 0 amide bonds. The fraction of sp³-hybridized carbons (Fsp3) is 0.500. The summed E-state index contributed by atoms with van der Waals surface area (Å²) in [5.41, 5.74) is 3.26. The van der Waals surface area contributed by atoms with Crippen molar-refractivity contribution in [3.05, 3.63) is 59.7 Å². The normalized spacial score (nSPS) is 9.54. The van der Waals surface area contributed by atoms with Crippen LogP contribution in [0.4, 0.5) is 0 Å². The molecule has 35 heavy (non-hydrogen) atoms. The van der Waals surface area contributed by atoms with Crippen LogP contribution in [0.1, 0.15) is 89.2 Å². The smallest absolute Gasteiger partial charge is 0.303 e. The van der Waals surface area contributed by atoms with Crippen LogP contribution in [0.15, 0.2) is 48.5 Å². The van der Waals surface area contributed by atoms with Crippen LogP contribution in [0.25, 0.3) is 0 Å². The topological polar surface area (TPSA) is 74.6 Å². The van der Waals surface area contributed by atoms with Gasteiger partial charge in [-0.15, -0.1) is 0 Å². The quantitative estimate of drug-likeness (QED) is 0.126. The Morgan fingerprint density at radius 3 is 1.34 bits per heavy atom. The predicted molar refractivity (Wildman–Crippen MR) is 156 cm³/mol. The van der Waals surface area contributed by atoms with E-state index in [1.807, 2.05) is 0 Å². The van der Waals surface area contributed by atoms with E-state index < -0.39 is 33.1 Å². The number of benzene rings is 2. The number of thiol groups is 2. The Balaban J connectivity index is 0. The molecule has 2 rings (SSSR count). The van der Waals surface area contributed by atoms with Gasteiger partial charge in [-0.2, -0.15) is 0 Å². The number of hydrogen-bond donors (Lipinski definition) is 2. The average Bonchev–Trinajstić information content (AvgIpc) is 2.80. The number of carboxylic acid groups (broad SMARTS) is 2. The van der Waals surface area contributed by atoms with Crippen molar-refractivity contribution < 1.29 is 19.8 Å². The second-order valence-electron chi connectivity index (χ2n) is 8.35. The van der Waals surface area contributed by atoms with Gasteiger partial charge in [-0.3, -0.25) is 9.59 Å². The summed E-state index contributed by atoms with van der Waals surface area (Å²) >= 11 is -0.698. The van der Waals surface area contributed by atoms with Gasteiger partial charge in [0.15, 0.2) is 0 Å². The van der Waals surface area contributed by atoms with E-state index in [2.05, 4.69) is 62.4 Å². The minimum Gasteiger partial charge on any atom is -0.813 e. The zero-order valence-electron chi connectivity index (χ0n) is 21.2. The minimum absolute atomic E-state index is 0. The Morgan fingerprint density at radius 2 is 1.00 bits per heavy atom. The van der Waals surface area contributed by atoms with Gasteiger partial charge in [0, 0.05) is 0 Å². The maximum Gasteiger partial charge on any atom is 0.303 e. The minimum atomic E-state index is -1.08. The van der Waals surface area contributed by atoms with Gasteiger partial charge in [0.25, 0.3) is 0 Å². The summed E-state index contributed by atoms with van der Waals surface area (Å²) in [6.45, 7) is 4.58. The summed E-state index contributed by atoms with van der Waals surface area (Å²) in [6.07, 6.45) is 12.8. The van der Waals surface area contributed by atoms with Crippen LogP contribution in [-0.4, -0.2) is 43.3 Å². The number of rotatable bonds is 15. The Kier molecular flexibility index (Phi) is 24.0. The van der Waals surface area contributed by atoms with Gasteiger partial charge in [0.05, 0.1) is 12.8 Å². The summed E-state index contributed by atoms with van der Waals surface area (Å²) < 4.78 is 3.40. The van der Waals surface area contributed by atoms with Crippen LogP contribution in [0.5, 0.6) is 0 Å². The van der Waals surface area contributed by atoms with Crippen molar-refractivity contribution in [1.82, 2.24) is 0 Å². The molecule has 2 aromatic rings. The van der Waals surface area contributed by atoms with E-state index in [9.17, 15) is 9.59 Å². The molecule has 0 aliphatic carbocycles. The zero-order chi connectivity index (χ0) is 24.3. The van der Waals surface area contributed by atoms with Crippen LogP contribution in [-0.2, 0) is 49.4 Å². The van der Waals surface area contributed by atoms with Crippen molar-refractivity contribution >= 4 is 67.2 Å². The summed E-state index contributed by atoms with van der Waals surface area (Å²) in [5.74, 6) is -2.15. The van der Waals surface area contributed by atoms with Crippen molar-refractivity contribution in [2.75, 3.05) is 0 Å². The predicted octanol–water partition coefficient (Wildman–Crippen LogP) is 4.98. The molecule has 0 bridgehead atoms. The van der Waals surface area contributed by atoms with Crippen molar-refractivity contribution in [2.24, 2.45) is 0 Å². The third kappa shape index (κ3) is 17.9. The largest absolute Gasteiger partial charge is 0.813 e. The van der Waals surface area contributed by atoms with Gasteiger partial charge in [-0.05, 0) is 0 Å². The van der Waals surface area contributed by atoms with Crippen molar-refractivity contribution in [1.29, 1.82) is 0 Å². The number of carbonyl (C=O) groups is 2. The summed E-state index contributed by atoms with van der Waals surface area (Å²) in [4.78, 5) is 19.3. The molecule has 0 spiro atoms. The van der Waals surface area contributed by atoms with Gasteiger partial charge in [0.2, 0.25) is 0 Å². The summed E-state index contributed by atoms with van der Waals surface area (Å²) in [7, 11) is 0. The van der Waals surface area contributed by atoms with Gasteiger partial charge in [-0.1, -0.05) is 0 Å². The first-order valence-electron chi connectivity index (χ1n) is 12.3. The van der Waals surface area contributed by atoms with Crippen LogP contribution in [0.3, 0.4) is 0 Å². The van der Waals surface area contributed by atoms with E-state index in [-0.39, 0.29) is 39.8 Å². The van der Waals surface area contributed by atoms with Crippen LogP contribution in [0, 0.1) is 0 Å². The molecule has 0 saturated heterocycles. The first-order chi connectivity index (χ1) is 16.0. The third-order valence-corrected chi connectivity index (χ3v) is 9.78. The van der Waals surface area contributed by atoms with Crippen LogP contribution in [0.2, 0.25) is 0 Å². The second-order valence-corrected chi connectivity index (χ2v) is 12.1. The van der Waals surface area contributed by atoms with Gasteiger partial charge < -0.3 is 37.2 Å². The van der Waals surface area contributed by atoms with E-state index >= 15 is 0 Å².